The number of carbonyl (C=O) groups is 1. The molecule has 1 amide bonds. The molecular weight excluding hydrogens is 373 g/mol. The minimum atomic E-state index is -2.20. The van der Waals surface area contributed by atoms with Gasteiger partial charge in [-0.25, -0.2) is 0 Å². The molecule has 0 atom stereocenters. The van der Waals surface area contributed by atoms with Gasteiger partial charge >= 0.3 is 0 Å². The van der Waals surface area contributed by atoms with Crippen molar-refractivity contribution in [2.75, 3.05) is 13.1 Å². The molecule has 29 heavy (non-hydrogen) atoms. The van der Waals surface area contributed by atoms with Crippen molar-refractivity contribution in [2.24, 2.45) is 0 Å². The van der Waals surface area contributed by atoms with Gasteiger partial charge in [0.2, 0.25) is 0 Å². The Balaban J connectivity index is 2.06. The van der Waals surface area contributed by atoms with Crippen LogP contribution in [0.4, 0.5) is 0 Å². The van der Waals surface area contributed by atoms with Gasteiger partial charge in [0.25, 0.3) is 5.91 Å². The van der Waals surface area contributed by atoms with Crippen molar-refractivity contribution in [1.29, 1.82) is 0 Å². The van der Waals surface area contributed by atoms with E-state index in [0.717, 1.165) is 37.6 Å². The fourth-order valence-electron chi connectivity index (χ4n) is 4.37. The largest absolute Gasteiger partial charge is 0.339 e. The highest BCUT2D eigenvalue weighted by Crippen LogP contribution is 2.48. The average molecular weight is 401 g/mol. The maximum Gasteiger partial charge on any atom is 0.250 e. The van der Waals surface area contributed by atoms with Gasteiger partial charge in [0.15, 0.2) is 0 Å². The monoisotopic (exact) mass is 401 g/mol. The molecule has 148 valence electrons. The third kappa shape index (κ3) is 3.58. The van der Waals surface area contributed by atoms with E-state index in [4.69, 9.17) is 0 Å². The van der Waals surface area contributed by atoms with Gasteiger partial charge in [0.05, 0.1) is 0 Å². The SMILES string of the molecule is CCCCN1CCC(=P(c2ccccc2)(c2ccccc2)c2ccccc2)C1=O. The van der Waals surface area contributed by atoms with Crippen molar-refractivity contribution in [1.82, 2.24) is 4.90 Å². The van der Waals surface area contributed by atoms with Crippen LogP contribution >= 0.6 is 6.89 Å². The van der Waals surface area contributed by atoms with Crippen LogP contribution in [0.2, 0.25) is 0 Å². The van der Waals surface area contributed by atoms with E-state index in [0.29, 0.717) is 0 Å². The first-order valence-corrected chi connectivity index (χ1v) is 12.3. The molecule has 3 aromatic rings. The van der Waals surface area contributed by atoms with E-state index >= 15 is 0 Å². The first-order chi connectivity index (χ1) is 14.3. The van der Waals surface area contributed by atoms with Gasteiger partial charge in [-0.3, -0.25) is 4.79 Å². The van der Waals surface area contributed by atoms with Crippen molar-refractivity contribution >= 4 is 34.0 Å². The molecule has 0 N–H and O–H groups in total. The van der Waals surface area contributed by atoms with Crippen molar-refractivity contribution < 1.29 is 4.79 Å². The molecule has 0 bridgehead atoms. The van der Waals surface area contributed by atoms with Gasteiger partial charge in [0.1, 0.15) is 0 Å². The van der Waals surface area contributed by atoms with Crippen LogP contribution in [-0.4, -0.2) is 29.2 Å². The molecule has 2 nitrogen and oxygen atoms in total. The molecule has 1 heterocycles. The van der Waals surface area contributed by atoms with Crippen LogP contribution in [0.5, 0.6) is 0 Å². The van der Waals surface area contributed by atoms with E-state index < -0.39 is 6.89 Å². The van der Waals surface area contributed by atoms with Crippen molar-refractivity contribution in [3.63, 3.8) is 0 Å². The second kappa shape index (κ2) is 8.84. The number of unbranched alkanes of at least 4 members (excludes halogenated alkanes) is 1. The van der Waals surface area contributed by atoms with Crippen LogP contribution < -0.4 is 15.9 Å². The van der Waals surface area contributed by atoms with Gasteiger partial charge in [-0.2, -0.15) is 0 Å². The third-order valence-electron chi connectivity index (χ3n) is 5.77. The summed E-state index contributed by atoms with van der Waals surface area (Å²) in [6.45, 7) is 1.67. The summed E-state index contributed by atoms with van der Waals surface area (Å²) in [5, 5.41) is 4.88. The predicted molar refractivity (Wildman–Crippen MR) is 126 cm³/mol. The van der Waals surface area contributed by atoms with Crippen molar-refractivity contribution in [2.45, 2.75) is 26.2 Å². The second-order valence-electron chi connectivity index (χ2n) is 7.52. The summed E-state index contributed by atoms with van der Waals surface area (Å²) >= 11 is 0. The fourth-order valence-corrected chi connectivity index (χ4v) is 8.93. The number of amides is 1. The van der Waals surface area contributed by atoms with Gasteiger partial charge in [-0.1, -0.05) is 104 Å². The molecule has 0 radical (unpaired) electrons. The Morgan fingerprint density at radius 2 is 1.21 bits per heavy atom. The molecule has 1 aliphatic rings. The summed E-state index contributed by atoms with van der Waals surface area (Å²) in [5.74, 6) is 0.253. The summed E-state index contributed by atoms with van der Waals surface area (Å²) in [6, 6.07) is 32.1. The third-order valence-corrected chi connectivity index (χ3v) is 10.2. The molecule has 1 fully saturated rings. The molecule has 3 aromatic carbocycles. The summed E-state index contributed by atoms with van der Waals surface area (Å²) in [7, 11) is 0. The van der Waals surface area contributed by atoms with E-state index in [2.05, 4.69) is 103 Å². The van der Waals surface area contributed by atoms with Crippen LogP contribution in [-0.2, 0) is 4.79 Å². The molecule has 0 saturated carbocycles. The Bertz CT molecular complexity index is 909. The molecule has 0 aliphatic carbocycles. The quantitative estimate of drug-likeness (QED) is 0.568. The lowest BCUT2D eigenvalue weighted by atomic mass is 10.3. The standard InChI is InChI=1S/C26H28NOP/c1-2-3-20-27-21-19-25(26(27)28)29(22-13-7-4-8-14-22,23-15-9-5-10-16-23)24-17-11-6-12-18-24/h4-18H,2-3,19-21H2,1H3. The van der Waals surface area contributed by atoms with Crippen molar-refractivity contribution in [3.8, 4) is 0 Å². The van der Waals surface area contributed by atoms with E-state index in [9.17, 15) is 4.79 Å². The topological polar surface area (TPSA) is 20.3 Å². The molecule has 1 aliphatic heterocycles. The highest BCUT2D eigenvalue weighted by atomic mass is 31.2. The molecular formula is C26H28NOP. The Morgan fingerprint density at radius 1 is 0.759 bits per heavy atom. The molecule has 0 aromatic heterocycles. The maximum atomic E-state index is 13.7. The lowest BCUT2D eigenvalue weighted by Gasteiger charge is -2.31. The fraction of sp³-hybridized carbons (Fsp3) is 0.231. The summed E-state index contributed by atoms with van der Waals surface area (Å²) in [5.41, 5.74) is 0. The normalized spacial score (nSPS) is 14.4. The Morgan fingerprint density at radius 3 is 1.62 bits per heavy atom. The van der Waals surface area contributed by atoms with E-state index in [1.807, 2.05) is 0 Å². The van der Waals surface area contributed by atoms with Crippen LogP contribution in [0.15, 0.2) is 91.0 Å². The first kappa shape index (κ1) is 19.7. The van der Waals surface area contributed by atoms with Gasteiger partial charge < -0.3 is 4.90 Å². The van der Waals surface area contributed by atoms with Crippen LogP contribution in [0, 0.1) is 0 Å². The Hall–Kier alpha value is -2.57. The number of rotatable bonds is 6. The van der Waals surface area contributed by atoms with Crippen LogP contribution in [0.1, 0.15) is 26.2 Å². The molecule has 0 unspecified atom stereocenters. The highest BCUT2D eigenvalue weighted by Gasteiger charge is 2.37. The second-order valence-corrected chi connectivity index (χ2v) is 11.0. The van der Waals surface area contributed by atoms with Gasteiger partial charge in [-0.15, -0.1) is 0 Å². The lowest BCUT2D eigenvalue weighted by Crippen LogP contribution is -2.35. The first-order valence-electron chi connectivity index (χ1n) is 10.5. The summed E-state index contributed by atoms with van der Waals surface area (Å²) < 4.78 is 0. The number of nitrogens with zero attached hydrogens (tertiary/aromatic N) is 1. The smallest absolute Gasteiger partial charge is 0.250 e. The number of hydrogen-bond acceptors (Lipinski definition) is 1. The van der Waals surface area contributed by atoms with E-state index in [1.54, 1.807) is 0 Å². The van der Waals surface area contributed by atoms with E-state index in [1.165, 1.54) is 15.9 Å². The van der Waals surface area contributed by atoms with Crippen LogP contribution in [0.3, 0.4) is 0 Å². The Labute approximate surface area is 174 Å². The number of hydrogen-bond donors (Lipinski definition) is 0. The zero-order chi connectivity index (χ0) is 20.1. The number of carbonyl (C=O) groups excluding carboxylic acids is 1. The minimum Gasteiger partial charge on any atom is -0.339 e. The molecule has 4 rings (SSSR count). The molecule has 3 heteroatoms. The lowest BCUT2D eigenvalue weighted by molar-refractivity contribution is -0.122. The predicted octanol–water partition coefficient (Wildman–Crippen LogP) is 4.19. The number of likely N-dealkylation sites (tertiary alicyclic amines) is 1. The average Bonchev–Trinajstić information content (AvgIpc) is 3.16. The Kier molecular flexibility index (Phi) is 6.02. The zero-order valence-corrected chi connectivity index (χ0v) is 17.9. The zero-order valence-electron chi connectivity index (χ0n) is 17.0. The molecule has 0 spiro atoms. The maximum absolute atomic E-state index is 13.7. The number of benzene rings is 3. The highest BCUT2D eigenvalue weighted by molar-refractivity contribution is 7.96. The van der Waals surface area contributed by atoms with Crippen molar-refractivity contribution in [3.05, 3.63) is 91.0 Å². The summed E-state index contributed by atoms with van der Waals surface area (Å²) in [4.78, 5) is 15.8. The summed E-state index contributed by atoms with van der Waals surface area (Å²) in [6.07, 6.45) is 3.01. The van der Waals surface area contributed by atoms with Gasteiger partial charge in [0, 0.05) is 18.4 Å². The van der Waals surface area contributed by atoms with Gasteiger partial charge in [-0.05, 0) is 35.6 Å². The molecule has 1 saturated heterocycles. The minimum absolute atomic E-state index is 0.253. The van der Waals surface area contributed by atoms with Crippen LogP contribution in [0.25, 0.3) is 0 Å². The van der Waals surface area contributed by atoms with E-state index in [-0.39, 0.29) is 5.91 Å².